The highest BCUT2D eigenvalue weighted by molar-refractivity contribution is 5.81. The summed E-state index contributed by atoms with van der Waals surface area (Å²) in [6.45, 7) is 0. The molecule has 21 heavy (non-hydrogen) atoms. The quantitative estimate of drug-likeness (QED) is 0.682. The Morgan fingerprint density at radius 1 is 1.00 bits per heavy atom. The van der Waals surface area contributed by atoms with Crippen molar-refractivity contribution in [3.05, 3.63) is 0 Å². The van der Waals surface area contributed by atoms with Crippen LogP contribution in [-0.4, -0.2) is 29.2 Å². The summed E-state index contributed by atoms with van der Waals surface area (Å²) in [4.78, 5) is 12.2. The van der Waals surface area contributed by atoms with E-state index in [1.165, 1.54) is 57.8 Å². The summed E-state index contributed by atoms with van der Waals surface area (Å²) in [6.07, 6.45) is 12.9. The lowest BCUT2D eigenvalue weighted by atomic mass is 9.84. The van der Waals surface area contributed by atoms with Crippen LogP contribution in [0.5, 0.6) is 0 Å². The molecule has 2 saturated carbocycles. The number of rotatable bonds is 5. The van der Waals surface area contributed by atoms with Gasteiger partial charge in [-0.2, -0.15) is 0 Å². The van der Waals surface area contributed by atoms with E-state index in [2.05, 4.69) is 5.32 Å². The molecule has 2 atom stereocenters. The molecule has 0 radical (unpaired) electrons. The molecule has 122 valence electrons. The average Bonchev–Trinajstić information content (AvgIpc) is 2.76. The summed E-state index contributed by atoms with van der Waals surface area (Å²) in [5.41, 5.74) is 6.07. The predicted molar refractivity (Wildman–Crippen MR) is 84.8 cm³/mol. The Balaban J connectivity index is 1.74. The van der Waals surface area contributed by atoms with Gasteiger partial charge < -0.3 is 16.2 Å². The van der Waals surface area contributed by atoms with Crippen molar-refractivity contribution in [1.29, 1.82) is 0 Å². The Hall–Kier alpha value is -0.610. The standard InChI is InChI=1S/C17H32N2O2/c18-15(12-13-8-4-3-5-9-13)16(20)17(21)19-14-10-6-1-2-7-11-14/h13-16,20H,1-12,18H2,(H,19,21)/t15-,16?/m1/s1. The molecule has 4 nitrogen and oxygen atoms in total. The summed E-state index contributed by atoms with van der Waals surface area (Å²) in [6, 6.07) is -0.185. The van der Waals surface area contributed by atoms with Gasteiger partial charge in [0.15, 0.2) is 0 Å². The van der Waals surface area contributed by atoms with Crippen LogP contribution in [0.15, 0.2) is 0 Å². The Kier molecular flexibility index (Phi) is 6.97. The Bertz CT molecular complexity index is 308. The molecule has 0 aliphatic heterocycles. The van der Waals surface area contributed by atoms with E-state index < -0.39 is 12.1 Å². The summed E-state index contributed by atoms with van der Waals surface area (Å²) < 4.78 is 0. The van der Waals surface area contributed by atoms with Crippen LogP contribution < -0.4 is 11.1 Å². The van der Waals surface area contributed by atoms with Crippen molar-refractivity contribution >= 4 is 5.91 Å². The Morgan fingerprint density at radius 2 is 1.52 bits per heavy atom. The second-order valence-corrected chi connectivity index (χ2v) is 7.05. The van der Waals surface area contributed by atoms with Crippen LogP contribution in [0, 0.1) is 5.92 Å². The van der Waals surface area contributed by atoms with Crippen molar-refractivity contribution in [3.63, 3.8) is 0 Å². The first kappa shape index (κ1) is 16.8. The Morgan fingerprint density at radius 3 is 2.14 bits per heavy atom. The molecule has 1 amide bonds. The highest BCUT2D eigenvalue weighted by Crippen LogP contribution is 2.27. The van der Waals surface area contributed by atoms with Gasteiger partial charge in [-0.05, 0) is 25.2 Å². The average molecular weight is 296 g/mol. The van der Waals surface area contributed by atoms with Crippen LogP contribution in [0.25, 0.3) is 0 Å². The molecule has 2 aliphatic carbocycles. The van der Waals surface area contributed by atoms with E-state index in [0.29, 0.717) is 5.92 Å². The van der Waals surface area contributed by atoms with Gasteiger partial charge in [-0.1, -0.05) is 57.8 Å². The summed E-state index contributed by atoms with van der Waals surface area (Å²) in [5.74, 6) is 0.333. The molecule has 4 N–H and O–H groups in total. The SMILES string of the molecule is N[C@H](CC1CCCCC1)C(O)C(=O)NC1CCCCCC1. The van der Waals surface area contributed by atoms with Crippen molar-refractivity contribution in [3.8, 4) is 0 Å². The molecule has 2 aliphatic rings. The minimum Gasteiger partial charge on any atom is -0.382 e. The third kappa shape index (κ3) is 5.59. The molecule has 0 heterocycles. The van der Waals surface area contributed by atoms with Gasteiger partial charge in [0.25, 0.3) is 5.91 Å². The molecule has 2 fully saturated rings. The van der Waals surface area contributed by atoms with Crippen LogP contribution >= 0.6 is 0 Å². The first-order valence-electron chi connectivity index (χ1n) is 8.91. The smallest absolute Gasteiger partial charge is 0.250 e. The number of carbonyl (C=O) groups excluding carboxylic acids is 1. The number of amides is 1. The lowest BCUT2D eigenvalue weighted by Gasteiger charge is -2.27. The zero-order chi connectivity index (χ0) is 15.1. The van der Waals surface area contributed by atoms with Crippen LogP contribution in [0.3, 0.4) is 0 Å². The zero-order valence-electron chi connectivity index (χ0n) is 13.2. The molecule has 4 heteroatoms. The van der Waals surface area contributed by atoms with E-state index >= 15 is 0 Å². The van der Waals surface area contributed by atoms with Crippen molar-refractivity contribution in [2.75, 3.05) is 0 Å². The van der Waals surface area contributed by atoms with Crippen LogP contribution in [0.1, 0.15) is 77.0 Å². The van der Waals surface area contributed by atoms with E-state index in [0.717, 1.165) is 19.3 Å². The molecule has 0 saturated heterocycles. The fraction of sp³-hybridized carbons (Fsp3) is 0.941. The van der Waals surface area contributed by atoms with E-state index in [4.69, 9.17) is 5.73 Å². The maximum Gasteiger partial charge on any atom is 0.250 e. The zero-order valence-corrected chi connectivity index (χ0v) is 13.2. The van der Waals surface area contributed by atoms with Crippen LogP contribution in [0.4, 0.5) is 0 Å². The van der Waals surface area contributed by atoms with Gasteiger partial charge in [0.05, 0.1) is 0 Å². The number of aliphatic hydroxyl groups is 1. The molecule has 2 rings (SSSR count). The lowest BCUT2D eigenvalue weighted by Crippen LogP contribution is -2.49. The minimum absolute atomic E-state index is 0.233. The fourth-order valence-corrected chi connectivity index (χ4v) is 3.84. The highest BCUT2D eigenvalue weighted by Gasteiger charge is 2.28. The van der Waals surface area contributed by atoms with Crippen LogP contribution in [-0.2, 0) is 4.79 Å². The fourth-order valence-electron chi connectivity index (χ4n) is 3.84. The monoisotopic (exact) mass is 296 g/mol. The van der Waals surface area contributed by atoms with Gasteiger partial charge in [0.2, 0.25) is 0 Å². The third-order valence-electron chi connectivity index (χ3n) is 5.21. The van der Waals surface area contributed by atoms with Crippen molar-refractivity contribution < 1.29 is 9.90 Å². The van der Waals surface area contributed by atoms with Gasteiger partial charge in [-0.25, -0.2) is 0 Å². The van der Waals surface area contributed by atoms with Gasteiger partial charge in [-0.3, -0.25) is 4.79 Å². The summed E-state index contributed by atoms with van der Waals surface area (Å²) in [5, 5.41) is 13.2. The second-order valence-electron chi connectivity index (χ2n) is 7.05. The maximum atomic E-state index is 12.2. The topological polar surface area (TPSA) is 75.3 Å². The summed E-state index contributed by atoms with van der Waals surface area (Å²) in [7, 11) is 0. The minimum atomic E-state index is -1.05. The van der Waals surface area contributed by atoms with Gasteiger partial charge in [0.1, 0.15) is 6.10 Å². The molecule has 0 aromatic heterocycles. The van der Waals surface area contributed by atoms with E-state index in [-0.39, 0.29) is 11.9 Å². The van der Waals surface area contributed by atoms with E-state index in [1.807, 2.05) is 0 Å². The number of nitrogens with two attached hydrogens (primary N) is 1. The molecule has 0 aromatic rings. The number of hydrogen-bond donors (Lipinski definition) is 3. The maximum absolute atomic E-state index is 12.2. The van der Waals surface area contributed by atoms with Crippen molar-refractivity contribution in [2.45, 2.75) is 95.2 Å². The summed E-state index contributed by atoms with van der Waals surface area (Å²) >= 11 is 0. The molecule has 0 bridgehead atoms. The van der Waals surface area contributed by atoms with E-state index in [9.17, 15) is 9.90 Å². The molecule has 0 spiro atoms. The Labute approximate surface area is 128 Å². The van der Waals surface area contributed by atoms with Gasteiger partial charge in [0, 0.05) is 12.1 Å². The van der Waals surface area contributed by atoms with Crippen molar-refractivity contribution in [1.82, 2.24) is 5.32 Å². The molecular formula is C17H32N2O2. The highest BCUT2D eigenvalue weighted by atomic mass is 16.3. The van der Waals surface area contributed by atoms with Crippen molar-refractivity contribution in [2.24, 2.45) is 11.7 Å². The second kappa shape index (κ2) is 8.74. The van der Waals surface area contributed by atoms with Gasteiger partial charge >= 0.3 is 0 Å². The number of nitrogens with one attached hydrogen (secondary N) is 1. The first-order chi connectivity index (χ1) is 10.2. The van der Waals surface area contributed by atoms with Gasteiger partial charge in [-0.15, -0.1) is 0 Å². The molecular weight excluding hydrogens is 264 g/mol. The number of aliphatic hydroxyl groups excluding tert-OH is 1. The molecule has 1 unspecified atom stereocenters. The largest absolute Gasteiger partial charge is 0.382 e. The molecule has 0 aromatic carbocycles. The predicted octanol–water partition coefficient (Wildman–Crippen LogP) is 2.48. The van der Waals surface area contributed by atoms with E-state index in [1.54, 1.807) is 0 Å². The lowest BCUT2D eigenvalue weighted by molar-refractivity contribution is -0.131. The first-order valence-corrected chi connectivity index (χ1v) is 8.91. The third-order valence-corrected chi connectivity index (χ3v) is 5.21. The number of carbonyl (C=O) groups is 1. The van der Waals surface area contributed by atoms with Crippen LogP contribution in [0.2, 0.25) is 0 Å². The number of hydrogen-bond acceptors (Lipinski definition) is 3. The normalized spacial score (nSPS) is 25.0.